The highest BCUT2D eigenvalue weighted by molar-refractivity contribution is 6.02. The van der Waals surface area contributed by atoms with Gasteiger partial charge in [0.05, 0.1) is 36.9 Å². The first-order chi connectivity index (χ1) is 16.6. The Morgan fingerprint density at radius 1 is 1.17 bits per heavy atom. The molecule has 0 radical (unpaired) electrons. The minimum atomic E-state index is -1.19. The fourth-order valence-electron chi connectivity index (χ4n) is 5.08. The highest BCUT2D eigenvalue weighted by atomic mass is 16.5. The second kappa shape index (κ2) is 9.05. The van der Waals surface area contributed by atoms with Crippen LogP contribution in [0.4, 0.5) is 0 Å². The molecule has 9 nitrogen and oxygen atoms in total. The average molecular weight is 479 g/mol. The van der Waals surface area contributed by atoms with Crippen LogP contribution in [0.2, 0.25) is 0 Å². The zero-order valence-electron chi connectivity index (χ0n) is 20.5. The number of nitrogens with one attached hydrogen (secondary N) is 2. The zero-order chi connectivity index (χ0) is 25.4. The second-order valence-corrected chi connectivity index (χ2v) is 9.55. The Morgan fingerprint density at radius 2 is 1.91 bits per heavy atom. The topological polar surface area (TPSA) is 126 Å². The number of aromatic carboxylic acids is 1. The van der Waals surface area contributed by atoms with E-state index >= 15 is 0 Å². The van der Waals surface area contributed by atoms with E-state index in [4.69, 9.17) is 14.5 Å². The molecule has 184 valence electrons. The van der Waals surface area contributed by atoms with Crippen molar-refractivity contribution in [3.05, 3.63) is 53.3 Å². The number of carboxylic acid groups (broad SMARTS) is 1. The van der Waals surface area contributed by atoms with E-state index in [9.17, 15) is 14.7 Å². The number of rotatable bonds is 7. The quantitative estimate of drug-likeness (QED) is 0.343. The largest absolute Gasteiger partial charge is 0.493 e. The van der Waals surface area contributed by atoms with Gasteiger partial charge in [-0.1, -0.05) is 32.9 Å². The molecular weight excluding hydrogens is 448 g/mol. The molecule has 1 aromatic heterocycles. The number of amides is 1. The summed E-state index contributed by atoms with van der Waals surface area (Å²) in [6.07, 6.45) is 2.78. The lowest BCUT2D eigenvalue weighted by Crippen LogP contribution is -2.45. The summed E-state index contributed by atoms with van der Waals surface area (Å²) >= 11 is 0. The lowest BCUT2D eigenvalue weighted by molar-refractivity contribution is -0.135. The molecule has 3 N–H and O–H groups in total. The Hall–Kier alpha value is -3.88. The summed E-state index contributed by atoms with van der Waals surface area (Å²) in [4.78, 5) is 33.4. The summed E-state index contributed by atoms with van der Waals surface area (Å²) in [6.45, 7) is 6.11. The van der Waals surface area contributed by atoms with E-state index in [-0.39, 0.29) is 28.7 Å². The van der Waals surface area contributed by atoms with E-state index in [0.29, 0.717) is 12.2 Å². The molecule has 1 aliphatic carbocycles. The van der Waals surface area contributed by atoms with Crippen LogP contribution in [-0.4, -0.2) is 47.4 Å². The number of fused-ring (bicyclic) bond motifs is 1. The molecule has 35 heavy (non-hydrogen) atoms. The first-order valence-corrected chi connectivity index (χ1v) is 11.4. The van der Waals surface area contributed by atoms with Crippen LogP contribution in [0.3, 0.4) is 0 Å². The molecule has 4 rings (SSSR count). The summed E-state index contributed by atoms with van der Waals surface area (Å²) < 4.78 is 10.4. The molecule has 1 heterocycles. The minimum Gasteiger partial charge on any atom is -0.493 e. The molecule has 1 fully saturated rings. The van der Waals surface area contributed by atoms with Gasteiger partial charge in [-0.15, -0.1) is 0 Å². The highest BCUT2D eigenvalue weighted by Gasteiger charge is 2.57. The van der Waals surface area contributed by atoms with Crippen molar-refractivity contribution in [2.75, 3.05) is 14.2 Å². The normalized spacial score (nSPS) is 21.3. The van der Waals surface area contributed by atoms with Crippen LogP contribution in [-0.2, 0) is 4.79 Å². The maximum atomic E-state index is 13.3. The van der Waals surface area contributed by atoms with Crippen molar-refractivity contribution in [1.29, 1.82) is 0 Å². The monoisotopic (exact) mass is 478 g/mol. The van der Waals surface area contributed by atoms with Gasteiger partial charge in [0, 0.05) is 11.5 Å². The molecule has 2 atom stereocenters. The van der Waals surface area contributed by atoms with Crippen LogP contribution < -0.4 is 14.9 Å². The van der Waals surface area contributed by atoms with Crippen LogP contribution in [0, 0.1) is 10.8 Å². The van der Waals surface area contributed by atoms with Crippen LogP contribution in [0.5, 0.6) is 11.5 Å². The molecule has 1 amide bonds. The SMILES string of the molecule is COc1ccc(/C=N\NC(=O)C2(C)CCC(c3nc4ccccc4[nH]3)C2(C)C)c(C(=O)O)c1OC. The number of aromatic amines is 1. The van der Waals surface area contributed by atoms with Gasteiger partial charge in [-0.05, 0) is 42.5 Å². The summed E-state index contributed by atoms with van der Waals surface area (Å²) in [6, 6.07) is 11.0. The summed E-state index contributed by atoms with van der Waals surface area (Å²) in [5, 5.41) is 13.8. The third-order valence-electron chi connectivity index (χ3n) is 7.63. The number of hydrogen-bond donors (Lipinski definition) is 3. The summed E-state index contributed by atoms with van der Waals surface area (Å²) in [5.74, 6) is -0.0803. The third-order valence-corrected chi connectivity index (χ3v) is 7.63. The van der Waals surface area contributed by atoms with Gasteiger partial charge in [0.15, 0.2) is 11.5 Å². The number of H-pyrrole nitrogens is 1. The molecule has 2 unspecified atom stereocenters. The van der Waals surface area contributed by atoms with E-state index in [1.54, 1.807) is 12.1 Å². The number of carbonyl (C=O) groups excluding carboxylic acids is 1. The number of para-hydroxylation sites is 2. The lowest BCUT2D eigenvalue weighted by atomic mass is 9.65. The number of benzene rings is 2. The molecule has 1 saturated carbocycles. The Morgan fingerprint density at radius 3 is 2.57 bits per heavy atom. The Kier molecular flexibility index (Phi) is 6.27. The van der Waals surface area contributed by atoms with Gasteiger partial charge in [0.2, 0.25) is 5.91 Å². The molecule has 0 saturated heterocycles. The van der Waals surface area contributed by atoms with Gasteiger partial charge in [0.1, 0.15) is 11.4 Å². The Balaban J connectivity index is 1.56. The van der Waals surface area contributed by atoms with Gasteiger partial charge >= 0.3 is 5.97 Å². The minimum absolute atomic E-state index is 0.0686. The van der Waals surface area contributed by atoms with Gasteiger partial charge in [-0.3, -0.25) is 4.79 Å². The molecule has 0 spiro atoms. The van der Waals surface area contributed by atoms with Crippen molar-refractivity contribution in [3.8, 4) is 11.5 Å². The second-order valence-electron chi connectivity index (χ2n) is 9.55. The fourth-order valence-corrected chi connectivity index (χ4v) is 5.08. The molecule has 2 aromatic carbocycles. The van der Waals surface area contributed by atoms with Crippen molar-refractivity contribution >= 4 is 29.1 Å². The van der Waals surface area contributed by atoms with E-state index in [1.807, 2.05) is 31.2 Å². The van der Waals surface area contributed by atoms with Gasteiger partial charge in [0.25, 0.3) is 0 Å². The zero-order valence-corrected chi connectivity index (χ0v) is 20.5. The number of imidazole rings is 1. The number of hydrogen-bond acceptors (Lipinski definition) is 6. The van der Waals surface area contributed by atoms with Crippen molar-refractivity contribution < 1.29 is 24.2 Å². The predicted octanol–water partition coefficient (Wildman–Crippen LogP) is 4.34. The number of carboxylic acids is 1. The molecule has 0 bridgehead atoms. The summed E-state index contributed by atoms with van der Waals surface area (Å²) in [5.41, 5.74) is 3.59. The predicted molar refractivity (Wildman–Crippen MR) is 132 cm³/mol. The number of ether oxygens (including phenoxy) is 2. The van der Waals surface area contributed by atoms with E-state index in [0.717, 1.165) is 23.3 Å². The molecule has 0 aliphatic heterocycles. The lowest BCUT2D eigenvalue weighted by Gasteiger charge is -2.39. The number of aromatic nitrogens is 2. The molecule has 1 aliphatic rings. The number of hydrazone groups is 1. The first-order valence-electron chi connectivity index (χ1n) is 11.4. The maximum Gasteiger partial charge on any atom is 0.340 e. The van der Waals surface area contributed by atoms with Crippen LogP contribution in [0.25, 0.3) is 11.0 Å². The average Bonchev–Trinajstić information content (AvgIpc) is 3.36. The van der Waals surface area contributed by atoms with E-state index < -0.39 is 16.8 Å². The third kappa shape index (κ3) is 4.00. The Labute approximate surface area is 203 Å². The van der Waals surface area contributed by atoms with Crippen LogP contribution >= 0.6 is 0 Å². The standard InChI is InChI=1S/C26H30N4O5/c1-25(2)16(22-28-17-8-6-7-9-18(17)29-22)12-13-26(25,3)24(33)30-27-14-15-10-11-19(34-4)21(35-5)20(15)23(31)32/h6-11,14,16H,12-13H2,1-5H3,(H,28,29)(H,30,33)(H,31,32)/b27-14-. The van der Waals surface area contributed by atoms with Crippen molar-refractivity contribution in [1.82, 2.24) is 15.4 Å². The van der Waals surface area contributed by atoms with E-state index in [2.05, 4.69) is 29.4 Å². The van der Waals surface area contributed by atoms with Crippen LogP contribution in [0.1, 0.15) is 61.3 Å². The molecule has 3 aromatic rings. The van der Waals surface area contributed by atoms with Crippen molar-refractivity contribution in [2.24, 2.45) is 15.9 Å². The van der Waals surface area contributed by atoms with Crippen LogP contribution in [0.15, 0.2) is 41.5 Å². The maximum absolute atomic E-state index is 13.3. The number of nitrogens with zero attached hydrogens (tertiary/aromatic N) is 2. The van der Waals surface area contributed by atoms with E-state index in [1.165, 1.54) is 20.4 Å². The van der Waals surface area contributed by atoms with Gasteiger partial charge in [-0.25, -0.2) is 15.2 Å². The summed E-state index contributed by atoms with van der Waals surface area (Å²) in [7, 11) is 2.80. The molecular formula is C26H30N4O5. The first kappa shape index (κ1) is 24.3. The number of carbonyl (C=O) groups is 2. The number of methoxy groups -OCH3 is 2. The van der Waals surface area contributed by atoms with Crippen molar-refractivity contribution in [2.45, 2.75) is 39.5 Å². The van der Waals surface area contributed by atoms with Gasteiger partial charge < -0.3 is 19.6 Å². The highest BCUT2D eigenvalue weighted by Crippen LogP contribution is 2.59. The fraction of sp³-hybridized carbons (Fsp3) is 0.385. The smallest absolute Gasteiger partial charge is 0.340 e. The van der Waals surface area contributed by atoms with Gasteiger partial charge in [-0.2, -0.15) is 5.10 Å². The van der Waals surface area contributed by atoms with Crippen molar-refractivity contribution in [3.63, 3.8) is 0 Å². The molecule has 9 heteroatoms. The Bertz CT molecular complexity index is 1280.